The van der Waals surface area contributed by atoms with E-state index in [0.29, 0.717) is 27.7 Å². The standard InChI is InChI=1S/C16H16ClN5O4S2/c17-11-3-1-10(8-28-15(18)19)13(5-11)26-14-6-12(22(23)24)4-2-9(14)7-25-16(27)21-20/h1-6H,7-8,20H2,(H3,18,19)(H,21,27). The summed E-state index contributed by atoms with van der Waals surface area (Å²) in [6.45, 7) is -0.0194. The van der Waals surface area contributed by atoms with Crippen molar-refractivity contribution in [3.8, 4) is 11.5 Å². The van der Waals surface area contributed by atoms with Gasteiger partial charge in [-0.15, -0.1) is 0 Å². The van der Waals surface area contributed by atoms with E-state index in [1.807, 2.05) is 0 Å². The van der Waals surface area contributed by atoms with Crippen LogP contribution in [0.5, 0.6) is 11.5 Å². The van der Waals surface area contributed by atoms with Gasteiger partial charge in [0.2, 0.25) is 0 Å². The molecule has 0 radical (unpaired) electrons. The topological polar surface area (TPSA) is 150 Å². The first-order chi connectivity index (χ1) is 13.3. The molecule has 0 heterocycles. The Labute approximate surface area is 174 Å². The lowest BCUT2D eigenvalue weighted by atomic mass is 10.1. The molecule has 6 N–H and O–H groups in total. The summed E-state index contributed by atoms with van der Waals surface area (Å²) in [6.07, 6.45) is 0. The molecule has 0 spiro atoms. The number of nitro groups is 1. The zero-order valence-electron chi connectivity index (χ0n) is 14.3. The number of non-ortho nitro benzene ring substituents is 1. The van der Waals surface area contributed by atoms with Crippen molar-refractivity contribution in [3.05, 3.63) is 62.7 Å². The van der Waals surface area contributed by atoms with Gasteiger partial charge in [-0.2, -0.15) is 0 Å². The van der Waals surface area contributed by atoms with Gasteiger partial charge in [0.05, 0.1) is 11.0 Å². The highest BCUT2D eigenvalue weighted by atomic mass is 35.5. The number of rotatable bonds is 7. The van der Waals surface area contributed by atoms with E-state index in [1.165, 1.54) is 18.2 Å². The van der Waals surface area contributed by atoms with Gasteiger partial charge in [-0.05, 0) is 30.4 Å². The molecule has 0 atom stereocenters. The van der Waals surface area contributed by atoms with E-state index in [1.54, 1.807) is 18.2 Å². The van der Waals surface area contributed by atoms with Crippen LogP contribution in [0.1, 0.15) is 11.1 Å². The lowest BCUT2D eigenvalue weighted by molar-refractivity contribution is -0.384. The maximum absolute atomic E-state index is 11.1. The van der Waals surface area contributed by atoms with E-state index in [9.17, 15) is 10.1 Å². The number of thioether (sulfide) groups is 1. The zero-order chi connectivity index (χ0) is 20.7. The van der Waals surface area contributed by atoms with Crippen LogP contribution in [0.4, 0.5) is 5.69 Å². The quantitative estimate of drug-likeness (QED) is 0.126. The van der Waals surface area contributed by atoms with Crippen molar-refractivity contribution in [1.29, 1.82) is 5.41 Å². The number of nitrogens with zero attached hydrogens (tertiary/aromatic N) is 1. The number of halogens is 1. The highest BCUT2D eigenvalue weighted by molar-refractivity contribution is 8.13. The normalized spacial score (nSPS) is 10.2. The van der Waals surface area contributed by atoms with Crippen molar-refractivity contribution in [1.82, 2.24) is 5.43 Å². The first kappa shape index (κ1) is 21.7. The number of hydrazine groups is 1. The minimum atomic E-state index is -0.534. The summed E-state index contributed by atoms with van der Waals surface area (Å²) in [5.74, 6) is 6.12. The third-order valence-corrected chi connectivity index (χ3v) is 4.61. The van der Waals surface area contributed by atoms with Crippen LogP contribution in [0.25, 0.3) is 0 Å². The molecule has 0 aliphatic rings. The smallest absolute Gasteiger partial charge is 0.273 e. The first-order valence-electron chi connectivity index (χ1n) is 7.64. The summed E-state index contributed by atoms with van der Waals surface area (Å²) in [6, 6.07) is 9.09. The number of hydrogen-bond acceptors (Lipinski definition) is 8. The Hall–Kier alpha value is -2.60. The van der Waals surface area contributed by atoms with Gasteiger partial charge in [-0.25, -0.2) is 5.84 Å². The Balaban J connectivity index is 2.38. The Morgan fingerprint density at radius 1 is 1.29 bits per heavy atom. The zero-order valence-corrected chi connectivity index (χ0v) is 16.7. The number of nitrogens with one attached hydrogen (secondary N) is 2. The molecule has 0 aromatic heterocycles. The number of amidine groups is 1. The molecule has 9 nitrogen and oxygen atoms in total. The van der Waals surface area contributed by atoms with Crippen molar-refractivity contribution in [2.45, 2.75) is 12.4 Å². The highest BCUT2D eigenvalue weighted by Crippen LogP contribution is 2.34. The van der Waals surface area contributed by atoms with Crippen LogP contribution in [0.3, 0.4) is 0 Å². The molecule has 2 aromatic carbocycles. The van der Waals surface area contributed by atoms with Gasteiger partial charge in [0, 0.05) is 28.0 Å². The molecule has 2 rings (SSSR count). The molecule has 0 saturated carbocycles. The summed E-state index contributed by atoms with van der Waals surface area (Å²) >= 11 is 12.0. The molecule has 0 fully saturated rings. The van der Waals surface area contributed by atoms with E-state index >= 15 is 0 Å². The number of benzene rings is 2. The van der Waals surface area contributed by atoms with Gasteiger partial charge in [0.15, 0.2) is 5.17 Å². The Morgan fingerprint density at radius 2 is 1.96 bits per heavy atom. The molecule has 0 amide bonds. The van der Waals surface area contributed by atoms with Crippen LogP contribution >= 0.6 is 35.6 Å². The molecule has 0 saturated heterocycles. The summed E-state index contributed by atoms with van der Waals surface area (Å²) < 4.78 is 11.2. The third-order valence-electron chi connectivity index (χ3n) is 3.37. The average Bonchev–Trinajstić information content (AvgIpc) is 2.65. The fraction of sp³-hybridized carbons (Fsp3) is 0.125. The average molecular weight is 442 g/mol. The molecule has 0 aliphatic carbocycles. The lowest BCUT2D eigenvalue weighted by Gasteiger charge is -2.15. The molecule has 2 aromatic rings. The SMILES string of the molecule is N=C(N)SCc1ccc(Cl)cc1Oc1cc([N+](=O)[O-])ccc1COC(=S)NN. The maximum Gasteiger partial charge on any atom is 0.273 e. The summed E-state index contributed by atoms with van der Waals surface area (Å²) in [5.41, 5.74) is 8.64. The van der Waals surface area contributed by atoms with Gasteiger partial charge in [-0.3, -0.25) is 20.9 Å². The molecule has 148 valence electrons. The molecule has 12 heteroatoms. The number of nitro benzene ring substituents is 1. The van der Waals surface area contributed by atoms with Crippen LogP contribution in [-0.4, -0.2) is 15.3 Å². The van der Waals surface area contributed by atoms with E-state index in [4.69, 9.17) is 50.3 Å². The van der Waals surface area contributed by atoms with Gasteiger partial charge < -0.3 is 15.2 Å². The highest BCUT2D eigenvalue weighted by Gasteiger charge is 2.16. The lowest BCUT2D eigenvalue weighted by Crippen LogP contribution is -2.30. The van der Waals surface area contributed by atoms with Gasteiger partial charge in [0.1, 0.15) is 18.1 Å². The minimum Gasteiger partial charge on any atom is -0.465 e. The molecule has 28 heavy (non-hydrogen) atoms. The van der Waals surface area contributed by atoms with Crippen LogP contribution in [0, 0.1) is 15.5 Å². The number of hydrogen-bond donors (Lipinski definition) is 4. The van der Waals surface area contributed by atoms with Gasteiger partial charge in [0.25, 0.3) is 10.9 Å². The van der Waals surface area contributed by atoms with Crippen molar-refractivity contribution < 1.29 is 14.4 Å². The Bertz CT molecular complexity index is 913. The first-order valence-corrected chi connectivity index (χ1v) is 9.41. The second kappa shape index (κ2) is 10.1. The van der Waals surface area contributed by atoms with E-state index < -0.39 is 4.92 Å². The summed E-state index contributed by atoms with van der Waals surface area (Å²) in [4.78, 5) is 10.6. The van der Waals surface area contributed by atoms with Gasteiger partial charge in [-0.1, -0.05) is 29.4 Å². The third kappa shape index (κ3) is 6.23. The van der Waals surface area contributed by atoms with Crippen molar-refractivity contribution in [2.75, 3.05) is 0 Å². The fourth-order valence-corrected chi connectivity index (χ4v) is 2.84. The maximum atomic E-state index is 11.1. The predicted molar refractivity (Wildman–Crippen MR) is 113 cm³/mol. The second-order valence-corrected chi connectivity index (χ2v) is 7.10. The fourth-order valence-electron chi connectivity index (χ4n) is 2.07. The molecule has 0 aliphatic heterocycles. The van der Waals surface area contributed by atoms with Crippen LogP contribution in [0.2, 0.25) is 5.02 Å². The molecule has 0 bridgehead atoms. The largest absolute Gasteiger partial charge is 0.465 e. The summed E-state index contributed by atoms with van der Waals surface area (Å²) in [7, 11) is 0. The van der Waals surface area contributed by atoms with Gasteiger partial charge >= 0.3 is 0 Å². The second-order valence-electron chi connectivity index (χ2n) is 5.28. The van der Waals surface area contributed by atoms with Crippen LogP contribution < -0.4 is 21.7 Å². The number of thiocarbonyl (C=S) groups is 1. The molecular formula is C16H16ClN5O4S2. The van der Waals surface area contributed by atoms with Crippen LogP contribution in [-0.2, 0) is 17.1 Å². The van der Waals surface area contributed by atoms with E-state index in [2.05, 4.69) is 5.43 Å². The van der Waals surface area contributed by atoms with E-state index in [-0.39, 0.29) is 28.4 Å². The number of ether oxygens (including phenoxy) is 2. The predicted octanol–water partition coefficient (Wildman–Crippen LogP) is 3.43. The molecular weight excluding hydrogens is 426 g/mol. The van der Waals surface area contributed by atoms with Crippen molar-refractivity contribution in [3.63, 3.8) is 0 Å². The summed E-state index contributed by atoms with van der Waals surface area (Å²) in [5, 5.41) is 18.8. The minimum absolute atomic E-state index is 0.0194. The Kier molecular flexibility index (Phi) is 7.81. The van der Waals surface area contributed by atoms with Crippen molar-refractivity contribution in [2.24, 2.45) is 11.6 Å². The van der Waals surface area contributed by atoms with Crippen LogP contribution in [0.15, 0.2) is 36.4 Å². The van der Waals surface area contributed by atoms with Crippen molar-refractivity contribution >= 4 is 51.6 Å². The number of nitrogens with two attached hydrogens (primary N) is 2. The monoisotopic (exact) mass is 441 g/mol. The Morgan fingerprint density at radius 3 is 2.61 bits per heavy atom. The molecule has 0 unspecified atom stereocenters. The van der Waals surface area contributed by atoms with E-state index in [0.717, 1.165) is 11.8 Å².